The topological polar surface area (TPSA) is 12.9 Å². The van der Waals surface area contributed by atoms with E-state index in [4.69, 9.17) is 0 Å². The van der Waals surface area contributed by atoms with Crippen LogP contribution in [0.4, 0.5) is 0 Å². The second-order valence-corrected chi connectivity index (χ2v) is 5.02. The van der Waals surface area contributed by atoms with Crippen LogP contribution in [-0.2, 0) is 0 Å². The van der Waals surface area contributed by atoms with Gasteiger partial charge in [-0.1, -0.05) is 36.4 Å². The highest BCUT2D eigenvalue weighted by Gasteiger charge is 2.02. The highest BCUT2D eigenvalue weighted by Crippen LogP contribution is 2.27. The zero-order valence-electron chi connectivity index (χ0n) is 8.97. The quantitative estimate of drug-likeness (QED) is 0.602. The molecule has 0 aliphatic carbocycles. The fourth-order valence-electron chi connectivity index (χ4n) is 1.85. The molecule has 0 unspecified atom stereocenters. The molecule has 1 heterocycles. The first-order valence-electron chi connectivity index (χ1n) is 5.25. The van der Waals surface area contributed by atoms with Gasteiger partial charge in [-0.15, -0.1) is 11.3 Å². The first kappa shape index (κ1) is 9.55. The second-order valence-electron chi connectivity index (χ2n) is 3.78. The maximum absolute atomic E-state index is 4.47. The van der Waals surface area contributed by atoms with E-state index in [0.717, 1.165) is 10.5 Å². The third-order valence-electron chi connectivity index (χ3n) is 2.60. The number of aromatic nitrogens is 1. The van der Waals surface area contributed by atoms with E-state index in [9.17, 15) is 0 Å². The van der Waals surface area contributed by atoms with E-state index in [1.54, 1.807) is 11.3 Å². The zero-order chi connectivity index (χ0) is 11.0. The van der Waals surface area contributed by atoms with Gasteiger partial charge in [-0.3, -0.25) is 0 Å². The van der Waals surface area contributed by atoms with Crippen molar-refractivity contribution in [1.29, 1.82) is 0 Å². The molecule has 3 aromatic rings. The van der Waals surface area contributed by atoms with Crippen molar-refractivity contribution >= 4 is 21.6 Å². The summed E-state index contributed by atoms with van der Waals surface area (Å²) in [7, 11) is 0. The molecule has 0 aliphatic heterocycles. The number of fused-ring (bicyclic) bond motifs is 1. The van der Waals surface area contributed by atoms with Gasteiger partial charge in [0.25, 0.3) is 0 Å². The van der Waals surface area contributed by atoms with Crippen molar-refractivity contribution in [2.75, 3.05) is 0 Å². The second kappa shape index (κ2) is 3.72. The maximum atomic E-state index is 4.47. The Morgan fingerprint density at radius 2 is 1.75 bits per heavy atom. The molecule has 0 saturated carbocycles. The van der Waals surface area contributed by atoms with E-state index in [2.05, 4.69) is 47.4 Å². The van der Waals surface area contributed by atoms with Gasteiger partial charge < -0.3 is 0 Å². The van der Waals surface area contributed by atoms with Crippen LogP contribution in [0.3, 0.4) is 0 Å². The van der Waals surface area contributed by atoms with Crippen molar-refractivity contribution in [3.05, 3.63) is 53.5 Å². The average molecular weight is 225 g/mol. The van der Waals surface area contributed by atoms with Crippen LogP contribution < -0.4 is 0 Å². The van der Waals surface area contributed by atoms with Crippen LogP contribution in [-0.4, -0.2) is 4.98 Å². The minimum Gasteiger partial charge on any atom is -0.242 e. The smallest absolute Gasteiger partial charge is 0.0907 e. The van der Waals surface area contributed by atoms with Crippen molar-refractivity contribution in [3.8, 4) is 11.1 Å². The van der Waals surface area contributed by atoms with E-state index in [0.29, 0.717) is 0 Å². The van der Waals surface area contributed by atoms with Gasteiger partial charge in [0, 0.05) is 0 Å². The maximum Gasteiger partial charge on any atom is 0.0907 e. The average Bonchev–Trinajstić information content (AvgIpc) is 2.69. The molecule has 1 aromatic heterocycles. The first-order valence-corrected chi connectivity index (χ1v) is 6.07. The minimum absolute atomic E-state index is 1.10. The lowest BCUT2D eigenvalue weighted by molar-refractivity contribution is 1.35. The Morgan fingerprint density at radius 1 is 0.938 bits per heavy atom. The highest BCUT2D eigenvalue weighted by atomic mass is 32.1. The Hall–Kier alpha value is -1.67. The van der Waals surface area contributed by atoms with Crippen LogP contribution in [0.1, 0.15) is 5.01 Å². The van der Waals surface area contributed by atoms with Crippen LogP contribution in [0.5, 0.6) is 0 Å². The predicted molar refractivity (Wildman–Crippen MR) is 69.8 cm³/mol. The highest BCUT2D eigenvalue weighted by molar-refractivity contribution is 7.18. The van der Waals surface area contributed by atoms with Crippen LogP contribution in [0.25, 0.3) is 21.3 Å². The Bertz CT molecular complexity index is 626. The third kappa shape index (κ3) is 1.61. The summed E-state index contributed by atoms with van der Waals surface area (Å²) in [5.41, 5.74) is 3.62. The molecule has 0 fully saturated rings. The van der Waals surface area contributed by atoms with Gasteiger partial charge in [0.05, 0.1) is 15.2 Å². The predicted octanol–water partition coefficient (Wildman–Crippen LogP) is 4.27. The summed E-state index contributed by atoms with van der Waals surface area (Å²) in [5.74, 6) is 0. The monoisotopic (exact) mass is 225 g/mol. The van der Waals surface area contributed by atoms with E-state index in [1.807, 2.05) is 13.0 Å². The molecule has 0 atom stereocenters. The van der Waals surface area contributed by atoms with Gasteiger partial charge in [0.15, 0.2) is 0 Å². The summed E-state index contributed by atoms with van der Waals surface area (Å²) in [5, 5.41) is 1.13. The van der Waals surface area contributed by atoms with Gasteiger partial charge in [0.2, 0.25) is 0 Å². The van der Waals surface area contributed by atoms with E-state index < -0.39 is 0 Å². The SMILES string of the molecule is Cc1nc2ccc(-c3ccccc3)cc2s1. The lowest BCUT2D eigenvalue weighted by Gasteiger charge is -2.00. The van der Waals surface area contributed by atoms with Gasteiger partial charge in [0.1, 0.15) is 0 Å². The number of benzene rings is 2. The molecular formula is C14H11NS. The van der Waals surface area contributed by atoms with Gasteiger partial charge in [-0.2, -0.15) is 0 Å². The summed E-state index contributed by atoms with van der Waals surface area (Å²) in [6.07, 6.45) is 0. The largest absolute Gasteiger partial charge is 0.242 e. The Labute approximate surface area is 98.4 Å². The molecule has 0 amide bonds. The summed E-state index contributed by atoms with van der Waals surface area (Å²) in [6.45, 7) is 2.05. The molecule has 2 heteroatoms. The molecule has 78 valence electrons. The fourth-order valence-corrected chi connectivity index (χ4v) is 2.72. The normalized spacial score (nSPS) is 10.8. The molecular weight excluding hydrogens is 214 g/mol. The number of nitrogens with zero attached hydrogens (tertiary/aromatic N) is 1. The fraction of sp³-hybridized carbons (Fsp3) is 0.0714. The molecule has 2 aromatic carbocycles. The van der Waals surface area contributed by atoms with Crippen LogP contribution in [0, 0.1) is 6.92 Å². The van der Waals surface area contributed by atoms with Crippen molar-refractivity contribution in [2.45, 2.75) is 6.92 Å². The molecule has 0 N–H and O–H groups in total. The van der Waals surface area contributed by atoms with Gasteiger partial charge in [-0.05, 0) is 30.2 Å². The minimum atomic E-state index is 1.10. The zero-order valence-corrected chi connectivity index (χ0v) is 9.79. The molecule has 3 rings (SSSR count). The lowest BCUT2D eigenvalue weighted by Crippen LogP contribution is -1.76. The molecule has 0 saturated heterocycles. The summed E-state index contributed by atoms with van der Waals surface area (Å²) in [6, 6.07) is 16.9. The lowest BCUT2D eigenvalue weighted by atomic mass is 10.1. The van der Waals surface area contributed by atoms with Crippen molar-refractivity contribution in [1.82, 2.24) is 4.98 Å². The molecule has 0 aliphatic rings. The summed E-state index contributed by atoms with van der Waals surface area (Å²) in [4.78, 5) is 4.47. The number of thiazole rings is 1. The Morgan fingerprint density at radius 3 is 2.56 bits per heavy atom. The number of hydrogen-bond acceptors (Lipinski definition) is 2. The van der Waals surface area contributed by atoms with Crippen LogP contribution in [0.15, 0.2) is 48.5 Å². The van der Waals surface area contributed by atoms with Crippen molar-refractivity contribution < 1.29 is 0 Å². The standard InChI is InChI=1S/C14H11NS/c1-10-15-13-8-7-12(9-14(13)16-10)11-5-3-2-4-6-11/h2-9H,1H3. The number of hydrogen-bond donors (Lipinski definition) is 0. The molecule has 1 nitrogen and oxygen atoms in total. The Balaban J connectivity index is 2.18. The van der Waals surface area contributed by atoms with E-state index in [-0.39, 0.29) is 0 Å². The summed E-state index contributed by atoms with van der Waals surface area (Å²) < 4.78 is 1.26. The third-order valence-corrected chi connectivity index (χ3v) is 3.54. The number of rotatable bonds is 1. The Kier molecular flexibility index (Phi) is 2.22. The van der Waals surface area contributed by atoms with E-state index in [1.165, 1.54) is 15.8 Å². The number of aryl methyl sites for hydroxylation is 1. The van der Waals surface area contributed by atoms with Crippen molar-refractivity contribution in [3.63, 3.8) is 0 Å². The van der Waals surface area contributed by atoms with E-state index >= 15 is 0 Å². The first-order chi connectivity index (χ1) is 7.83. The van der Waals surface area contributed by atoms with Crippen LogP contribution >= 0.6 is 11.3 Å². The van der Waals surface area contributed by atoms with Crippen LogP contribution in [0.2, 0.25) is 0 Å². The summed E-state index contributed by atoms with van der Waals surface area (Å²) >= 11 is 1.75. The molecule has 0 bridgehead atoms. The molecule has 16 heavy (non-hydrogen) atoms. The van der Waals surface area contributed by atoms with Crippen molar-refractivity contribution in [2.24, 2.45) is 0 Å². The molecule has 0 radical (unpaired) electrons. The van der Waals surface area contributed by atoms with Gasteiger partial charge in [-0.25, -0.2) is 4.98 Å². The molecule has 0 spiro atoms. The van der Waals surface area contributed by atoms with Gasteiger partial charge >= 0.3 is 0 Å².